The number of aromatic nitrogens is 1. The molecule has 0 aliphatic carbocycles. The molecule has 0 atom stereocenters. The Morgan fingerprint density at radius 2 is 1.67 bits per heavy atom. The largest absolute Gasteiger partial charge is 0.241 e. The highest BCUT2D eigenvalue weighted by atomic mass is 79.9. The highest BCUT2D eigenvalue weighted by Gasteiger charge is 2.01. The fourth-order valence-electron chi connectivity index (χ4n) is 1.69. The molecular formula is C13H12BrN. The summed E-state index contributed by atoms with van der Waals surface area (Å²) in [5, 5.41) is 0. The summed E-state index contributed by atoms with van der Waals surface area (Å²) >= 11 is 3.39. The zero-order valence-corrected chi connectivity index (χ0v) is 10.4. The monoisotopic (exact) mass is 261 g/mol. The minimum absolute atomic E-state index is 0.874. The van der Waals surface area contributed by atoms with Crippen LogP contribution in [0.1, 0.15) is 11.1 Å². The lowest BCUT2D eigenvalue weighted by atomic mass is 10.0. The second-order valence-electron chi connectivity index (χ2n) is 3.72. The molecule has 1 nitrogen and oxygen atoms in total. The van der Waals surface area contributed by atoms with Crippen molar-refractivity contribution in [3.05, 3.63) is 52.1 Å². The maximum atomic E-state index is 4.44. The van der Waals surface area contributed by atoms with E-state index in [1.807, 2.05) is 18.2 Å². The number of benzene rings is 1. The van der Waals surface area contributed by atoms with E-state index in [4.69, 9.17) is 0 Å². The molecule has 0 bridgehead atoms. The van der Waals surface area contributed by atoms with Gasteiger partial charge in [0.25, 0.3) is 0 Å². The van der Waals surface area contributed by atoms with Crippen molar-refractivity contribution in [1.29, 1.82) is 0 Å². The van der Waals surface area contributed by atoms with Gasteiger partial charge >= 0.3 is 0 Å². The van der Waals surface area contributed by atoms with E-state index in [-0.39, 0.29) is 0 Å². The molecule has 0 aliphatic rings. The Hall–Kier alpha value is -1.15. The molecule has 1 heterocycles. The standard InChI is InChI=1S/C13H12BrN/c1-9-6-10(2)8-11(7-9)12-4-3-5-13(14)15-12/h3-8H,1-2H3. The maximum absolute atomic E-state index is 4.44. The SMILES string of the molecule is Cc1cc(C)cc(-c2cccc(Br)n2)c1. The van der Waals surface area contributed by atoms with E-state index in [1.54, 1.807) is 0 Å². The summed E-state index contributed by atoms with van der Waals surface area (Å²) in [6, 6.07) is 12.4. The molecule has 0 saturated heterocycles. The molecule has 2 aromatic rings. The molecular weight excluding hydrogens is 250 g/mol. The Morgan fingerprint density at radius 1 is 1.00 bits per heavy atom. The molecule has 15 heavy (non-hydrogen) atoms. The molecule has 0 fully saturated rings. The summed E-state index contributed by atoms with van der Waals surface area (Å²) in [6.45, 7) is 4.21. The highest BCUT2D eigenvalue weighted by Crippen LogP contribution is 2.21. The van der Waals surface area contributed by atoms with Gasteiger partial charge in [-0.2, -0.15) is 0 Å². The van der Waals surface area contributed by atoms with E-state index in [0.29, 0.717) is 0 Å². The smallest absolute Gasteiger partial charge is 0.106 e. The first-order valence-electron chi connectivity index (χ1n) is 4.86. The van der Waals surface area contributed by atoms with Crippen molar-refractivity contribution in [3.63, 3.8) is 0 Å². The van der Waals surface area contributed by atoms with Gasteiger partial charge in [0, 0.05) is 5.56 Å². The minimum Gasteiger partial charge on any atom is -0.241 e. The van der Waals surface area contributed by atoms with Gasteiger partial charge in [-0.15, -0.1) is 0 Å². The van der Waals surface area contributed by atoms with Gasteiger partial charge in [0.2, 0.25) is 0 Å². The lowest BCUT2D eigenvalue weighted by molar-refractivity contribution is 1.27. The number of aryl methyl sites for hydroxylation is 2. The van der Waals surface area contributed by atoms with Crippen LogP contribution in [0.2, 0.25) is 0 Å². The predicted octanol–water partition coefficient (Wildman–Crippen LogP) is 4.13. The summed E-state index contributed by atoms with van der Waals surface area (Å²) < 4.78 is 0.874. The van der Waals surface area contributed by atoms with Crippen LogP contribution in [0.4, 0.5) is 0 Å². The summed E-state index contributed by atoms with van der Waals surface area (Å²) in [5.41, 5.74) is 4.73. The number of nitrogens with zero attached hydrogens (tertiary/aromatic N) is 1. The molecule has 0 spiro atoms. The van der Waals surface area contributed by atoms with Gasteiger partial charge in [0.15, 0.2) is 0 Å². The fraction of sp³-hybridized carbons (Fsp3) is 0.154. The van der Waals surface area contributed by atoms with Gasteiger partial charge in [-0.05, 0) is 54.0 Å². The Kier molecular flexibility index (Phi) is 2.87. The third kappa shape index (κ3) is 2.45. The van der Waals surface area contributed by atoms with E-state index in [1.165, 1.54) is 16.7 Å². The van der Waals surface area contributed by atoms with Crippen LogP contribution in [0.15, 0.2) is 41.0 Å². The Balaban J connectivity index is 2.54. The van der Waals surface area contributed by atoms with Crippen LogP contribution < -0.4 is 0 Å². The maximum Gasteiger partial charge on any atom is 0.106 e. The van der Waals surface area contributed by atoms with Crippen LogP contribution in [0.25, 0.3) is 11.3 Å². The summed E-state index contributed by atoms with van der Waals surface area (Å²) in [7, 11) is 0. The van der Waals surface area contributed by atoms with Gasteiger partial charge in [-0.1, -0.05) is 23.3 Å². The van der Waals surface area contributed by atoms with Crippen molar-refractivity contribution in [3.8, 4) is 11.3 Å². The zero-order chi connectivity index (χ0) is 10.8. The zero-order valence-electron chi connectivity index (χ0n) is 8.79. The lowest BCUT2D eigenvalue weighted by Crippen LogP contribution is -1.86. The van der Waals surface area contributed by atoms with E-state index in [2.05, 4.69) is 53.0 Å². The van der Waals surface area contributed by atoms with Gasteiger partial charge in [0.05, 0.1) is 5.69 Å². The van der Waals surface area contributed by atoms with Gasteiger partial charge in [-0.25, -0.2) is 4.98 Å². The number of pyridine rings is 1. The summed E-state index contributed by atoms with van der Waals surface area (Å²) in [5.74, 6) is 0. The third-order valence-electron chi connectivity index (χ3n) is 2.23. The molecule has 2 rings (SSSR count). The van der Waals surface area contributed by atoms with Crippen LogP contribution in [-0.4, -0.2) is 4.98 Å². The van der Waals surface area contributed by atoms with Crippen molar-refractivity contribution < 1.29 is 0 Å². The van der Waals surface area contributed by atoms with E-state index < -0.39 is 0 Å². The average molecular weight is 262 g/mol. The molecule has 0 radical (unpaired) electrons. The molecule has 0 saturated carbocycles. The van der Waals surface area contributed by atoms with Crippen molar-refractivity contribution in [1.82, 2.24) is 4.98 Å². The first kappa shape index (κ1) is 10.4. The molecule has 0 N–H and O–H groups in total. The Morgan fingerprint density at radius 3 is 2.27 bits per heavy atom. The Labute approximate surface area is 98.3 Å². The predicted molar refractivity (Wildman–Crippen MR) is 66.8 cm³/mol. The average Bonchev–Trinajstić information content (AvgIpc) is 2.16. The third-order valence-corrected chi connectivity index (χ3v) is 2.67. The highest BCUT2D eigenvalue weighted by molar-refractivity contribution is 9.10. The van der Waals surface area contributed by atoms with Crippen LogP contribution in [0.3, 0.4) is 0 Å². The quantitative estimate of drug-likeness (QED) is 0.704. The van der Waals surface area contributed by atoms with Crippen molar-refractivity contribution in [2.45, 2.75) is 13.8 Å². The first-order chi connectivity index (χ1) is 7.15. The van der Waals surface area contributed by atoms with Crippen LogP contribution in [-0.2, 0) is 0 Å². The normalized spacial score (nSPS) is 10.3. The number of hydrogen-bond donors (Lipinski definition) is 0. The molecule has 1 aromatic heterocycles. The van der Waals surface area contributed by atoms with E-state index in [9.17, 15) is 0 Å². The van der Waals surface area contributed by atoms with Gasteiger partial charge in [-0.3, -0.25) is 0 Å². The second kappa shape index (κ2) is 4.15. The van der Waals surface area contributed by atoms with Crippen molar-refractivity contribution in [2.24, 2.45) is 0 Å². The molecule has 76 valence electrons. The van der Waals surface area contributed by atoms with Gasteiger partial charge in [0.1, 0.15) is 4.60 Å². The number of halogens is 1. The first-order valence-corrected chi connectivity index (χ1v) is 5.66. The van der Waals surface area contributed by atoms with Crippen LogP contribution >= 0.6 is 15.9 Å². The number of rotatable bonds is 1. The summed E-state index contributed by atoms with van der Waals surface area (Å²) in [4.78, 5) is 4.44. The lowest BCUT2D eigenvalue weighted by Gasteiger charge is -2.04. The van der Waals surface area contributed by atoms with E-state index >= 15 is 0 Å². The van der Waals surface area contributed by atoms with Crippen molar-refractivity contribution >= 4 is 15.9 Å². The number of hydrogen-bond acceptors (Lipinski definition) is 1. The second-order valence-corrected chi connectivity index (χ2v) is 4.53. The minimum atomic E-state index is 0.874. The topological polar surface area (TPSA) is 12.9 Å². The van der Waals surface area contributed by atoms with Crippen LogP contribution in [0.5, 0.6) is 0 Å². The fourth-order valence-corrected chi connectivity index (χ4v) is 2.04. The van der Waals surface area contributed by atoms with E-state index in [0.717, 1.165) is 10.3 Å². The molecule has 0 unspecified atom stereocenters. The molecule has 1 aromatic carbocycles. The molecule has 0 aliphatic heterocycles. The molecule has 2 heteroatoms. The molecule has 0 amide bonds. The van der Waals surface area contributed by atoms with Crippen LogP contribution in [0, 0.1) is 13.8 Å². The van der Waals surface area contributed by atoms with Gasteiger partial charge < -0.3 is 0 Å². The van der Waals surface area contributed by atoms with Crippen molar-refractivity contribution in [2.75, 3.05) is 0 Å². The summed E-state index contributed by atoms with van der Waals surface area (Å²) in [6.07, 6.45) is 0. The Bertz CT molecular complexity index is 471.